The van der Waals surface area contributed by atoms with Crippen LogP contribution in [0.3, 0.4) is 0 Å². The van der Waals surface area contributed by atoms with Crippen LogP contribution in [0.15, 0.2) is 57.4 Å². The minimum atomic E-state index is -0.597. The average Bonchev–Trinajstić information content (AvgIpc) is 2.72. The van der Waals surface area contributed by atoms with Crippen LogP contribution in [0.2, 0.25) is 5.02 Å². The number of nitrogens with zero attached hydrogens (tertiary/aromatic N) is 4. The number of fused-ring (bicyclic) bond motifs is 1. The standard InChI is InChI=1S/C20H16BrClN4O4/c1-3-7-30-19-15(22)8-12(9-17(19)26(28)29)11-23-25-18(4-2)24-16-6-5-13(21)10-14(16)20(25)27/h3,5-6,8-11H,1,4,7H2,2H3. The molecule has 0 aliphatic heterocycles. The SMILES string of the molecule is C=CCOc1c(Cl)cc(C=Nn2c(CC)nc3ccc(Br)cc3c2=O)cc1[N+](=O)[O-]. The number of hydrogen-bond donors (Lipinski definition) is 0. The molecule has 0 spiro atoms. The van der Waals surface area contributed by atoms with Crippen molar-refractivity contribution in [2.75, 3.05) is 6.61 Å². The fourth-order valence-electron chi connectivity index (χ4n) is 2.76. The van der Waals surface area contributed by atoms with E-state index in [0.717, 1.165) is 4.47 Å². The summed E-state index contributed by atoms with van der Waals surface area (Å²) in [6.07, 6.45) is 3.25. The van der Waals surface area contributed by atoms with Crippen LogP contribution in [0.1, 0.15) is 18.3 Å². The van der Waals surface area contributed by atoms with Gasteiger partial charge in [0, 0.05) is 22.5 Å². The number of hydrogen-bond acceptors (Lipinski definition) is 6. The highest BCUT2D eigenvalue weighted by molar-refractivity contribution is 9.10. The van der Waals surface area contributed by atoms with Crippen molar-refractivity contribution in [3.05, 3.63) is 84.3 Å². The molecule has 0 bridgehead atoms. The van der Waals surface area contributed by atoms with E-state index in [1.54, 1.807) is 18.2 Å². The largest absolute Gasteiger partial charge is 0.482 e. The van der Waals surface area contributed by atoms with Gasteiger partial charge in [0.25, 0.3) is 5.56 Å². The third kappa shape index (κ3) is 4.42. The molecular weight excluding hydrogens is 476 g/mol. The van der Waals surface area contributed by atoms with Gasteiger partial charge in [-0.2, -0.15) is 9.78 Å². The highest BCUT2D eigenvalue weighted by Gasteiger charge is 2.20. The molecule has 0 fully saturated rings. The summed E-state index contributed by atoms with van der Waals surface area (Å²) in [5, 5.41) is 16.1. The van der Waals surface area contributed by atoms with Crippen LogP contribution in [0, 0.1) is 10.1 Å². The molecule has 0 radical (unpaired) electrons. The predicted molar refractivity (Wildman–Crippen MR) is 120 cm³/mol. The van der Waals surface area contributed by atoms with Gasteiger partial charge in [0.15, 0.2) is 0 Å². The maximum Gasteiger partial charge on any atom is 0.313 e. The Kier molecular flexibility index (Phi) is 6.63. The van der Waals surface area contributed by atoms with Gasteiger partial charge >= 0.3 is 5.69 Å². The lowest BCUT2D eigenvalue weighted by molar-refractivity contribution is -0.385. The van der Waals surface area contributed by atoms with Crippen molar-refractivity contribution >= 4 is 50.3 Å². The van der Waals surface area contributed by atoms with Gasteiger partial charge in [-0.3, -0.25) is 14.9 Å². The van der Waals surface area contributed by atoms with Gasteiger partial charge < -0.3 is 4.74 Å². The molecule has 154 valence electrons. The van der Waals surface area contributed by atoms with Crippen LogP contribution < -0.4 is 10.3 Å². The Hall–Kier alpha value is -3.04. The summed E-state index contributed by atoms with van der Waals surface area (Å²) in [7, 11) is 0. The van der Waals surface area contributed by atoms with Crippen molar-refractivity contribution in [3.8, 4) is 5.75 Å². The van der Waals surface area contributed by atoms with E-state index in [9.17, 15) is 14.9 Å². The molecule has 2 aromatic carbocycles. The first-order valence-electron chi connectivity index (χ1n) is 8.82. The van der Waals surface area contributed by atoms with Crippen LogP contribution in [-0.2, 0) is 6.42 Å². The molecule has 0 N–H and O–H groups in total. The summed E-state index contributed by atoms with van der Waals surface area (Å²) in [4.78, 5) is 28.2. The van der Waals surface area contributed by atoms with Crippen molar-refractivity contribution in [1.82, 2.24) is 9.66 Å². The van der Waals surface area contributed by atoms with Crippen LogP contribution in [0.25, 0.3) is 10.9 Å². The van der Waals surface area contributed by atoms with Gasteiger partial charge in [-0.15, -0.1) is 0 Å². The Morgan fingerprint density at radius 1 is 1.40 bits per heavy atom. The van der Waals surface area contributed by atoms with E-state index in [0.29, 0.717) is 28.7 Å². The third-order valence-corrected chi connectivity index (χ3v) is 4.88. The zero-order valence-corrected chi connectivity index (χ0v) is 18.2. The Bertz CT molecular complexity index is 1240. The zero-order valence-electron chi connectivity index (χ0n) is 15.8. The highest BCUT2D eigenvalue weighted by atomic mass is 79.9. The Labute approximate surface area is 184 Å². The van der Waals surface area contributed by atoms with Gasteiger partial charge in [0.1, 0.15) is 12.4 Å². The van der Waals surface area contributed by atoms with Crippen LogP contribution in [0.4, 0.5) is 5.69 Å². The van der Waals surface area contributed by atoms with E-state index in [-0.39, 0.29) is 28.6 Å². The Morgan fingerprint density at radius 2 is 2.17 bits per heavy atom. The second-order valence-electron chi connectivity index (χ2n) is 6.11. The van der Waals surface area contributed by atoms with E-state index >= 15 is 0 Å². The van der Waals surface area contributed by atoms with Crippen LogP contribution in [-0.4, -0.2) is 27.4 Å². The number of aromatic nitrogens is 2. The Balaban J connectivity index is 2.10. The van der Waals surface area contributed by atoms with E-state index < -0.39 is 4.92 Å². The lowest BCUT2D eigenvalue weighted by Crippen LogP contribution is -2.22. The molecule has 10 heteroatoms. The second-order valence-corrected chi connectivity index (χ2v) is 7.44. The highest BCUT2D eigenvalue weighted by Crippen LogP contribution is 2.35. The molecule has 0 aliphatic carbocycles. The van der Waals surface area contributed by atoms with E-state index in [2.05, 4.69) is 32.6 Å². The summed E-state index contributed by atoms with van der Waals surface area (Å²) in [6, 6.07) is 7.97. The molecule has 8 nitrogen and oxygen atoms in total. The number of ether oxygens (including phenoxy) is 1. The van der Waals surface area contributed by atoms with Crippen molar-refractivity contribution in [2.24, 2.45) is 5.10 Å². The van der Waals surface area contributed by atoms with Gasteiger partial charge in [0.2, 0.25) is 5.75 Å². The van der Waals surface area contributed by atoms with Crippen LogP contribution in [0.5, 0.6) is 5.75 Å². The van der Waals surface area contributed by atoms with E-state index in [1.165, 1.54) is 29.1 Å². The quantitative estimate of drug-likeness (QED) is 0.206. The topological polar surface area (TPSA) is 99.6 Å². The number of nitro groups is 1. The zero-order chi connectivity index (χ0) is 21.8. The fourth-order valence-corrected chi connectivity index (χ4v) is 3.40. The first-order chi connectivity index (χ1) is 14.3. The molecule has 3 rings (SSSR count). The number of aryl methyl sites for hydroxylation is 1. The molecule has 3 aromatic rings. The summed E-state index contributed by atoms with van der Waals surface area (Å²) < 4.78 is 7.22. The lowest BCUT2D eigenvalue weighted by atomic mass is 10.2. The number of rotatable bonds is 7. The van der Waals surface area contributed by atoms with Crippen molar-refractivity contribution in [1.29, 1.82) is 0 Å². The summed E-state index contributed by atoms with van der Waals surface area (Å²) >= 11 is 9.52. The van der Waals surface area contributed by atoms with Gasteiger partial charge in [-0.05, 0) is 24.3 Å². The minimum absolute atomic E-state index is 0.0520. The van der Waals surface area contributed by atoms with E-state index in [1.807, 2.05) is 6.92 Å². The van der Waals surface area contributed by atoms with Crippen molar-refractivity contribution < 1.29 is 9.66 Å². The first-order valence-corrected chi connectivity index (χ1v) is 10.00. The summed E-state index contributed by atoms with van der Waals surface area (Å²) in [5.41, 5.74) is 0.241. The second kappa shape index (κ2) is 9.19. The van der Waals surface area contributed by atoms with Crippen molar-refractivity contribution in [3.63, 3.8) is 0 Å². The minimum Gasteiger partial charge on any atom is -0.482 e. The average molecular weight is 492 g/mol. The molecule has 0 atom stereocenters. The molecule has 0 saturated heterocycles. The smallest absolute Gasteiger partial charge is 0.313 e. The van der Waals surface area contributed by atoms with Gasteiger partial charge in [0.05, 0.1) is 27.1 Å². The number of nitro benzene ring substituents is 1. The first kappa shape index (κ1) is 21.7. The normalized spacial score (nSPS) is 11.2. The molecule has 1 aromatic heterocycles. The van der Waals surface area contributed by atoms with Crippen molar-refractivity contribution in [2.45, 2.75) is 13.3 Å². The molecule has 0 aliphatic rings. The Morgan fingerprint density at radius 3 is 2.83 bits per heavy atom. The molecule has 0 unspecified atom stereocenters. The molecule has 0 amide bonds. The molecule has 30 heavy (non-hydrogen) atoms. The van der Waals surface area contributed by atoms with E-state index in [4.69, 9.17) is 16.3 Å². The predicted octanol–water partition coefficient (Wildman–Crippen LogP) is 4.73. The van der Waals surface area contributed by atoms with Gasteiger partial charge in [-0.25, -0.2) is 4.98 Å². The maximum atomic E-state index is 12.9. The van der Waals surface area contributed by atoms with Crippen LogP contribution >= 0.6 is 27.5 Å². The molecular formula is C20H16BrClN4O4. The van der Waals surface area contributed by atoms with Gasteiger partial charge in [-0.1, -0.05) is 47.1 Å². The molecule has 0 saturated carbocycles. The monoisotopic (exact) mass is 490 g/mol. The summed E-state index contributed by atoms with van der Waals surface area (Å²) in [6.45, 7) is 5.44. The maximum absolute atomic E-state index is 12.9. The number of benzene rings is 2. The summed E-state index contributed by atoms with van der Waals surface area (Å²) in [5.74, 6) is 0.403. The number of halogens is 2. The third-order valence-electron chi connectivity index (χ3n) is 4.10. The lowest BCUT2D eigenvalue weighted by Gasteiger charge is -2.09. The fraction of sp³-hybridized carbons (Fsp3) is 0.150. The molecule has 1 heterocycles.